The minimum Gasteiger partial charge on any atom is -0.469 e. The van der Waals surface area contributed by atoms with Crippen molar-refractivity contribution in [2.24, 2.45) is 17.8 Å². The smallest absolute Gasteiger partial charge is 0.305 e. The van der Waals surface area contributed by atoms with Gasteiger partial charge in [0.15, 0.2) is 0 Å². The molecular formula is C22H38ClN3O4. The van der Waals surface area contributed by atoms with Crippen molar-refractivity contribution in [1.29, 1.82) is 0 Å². The summed E-state index contributed by atoms with van der Waals surface area (Å²) in [6.07, 6.45) is 8.54. The Kier molecular flexibility index (Phi) is 10.4. The van der Waals surface area contributed by atoms with Gasteiger partial charge < -0.3 is 20.3 Å². The van der Waals surface area contributed by atoms with Crippen LogP contribution in [0, 0.1) is 17.8 Å². The lowest BCUT2D eigenvalue weighted by molar-refractivity contribution is -0.142. The van der Waals surface area contributed by atoms with E-state index >= 15 is 0 Å². The zero-order chi connectivity index (χ0) is 20.6. The maximum atomic E-state index is 12.9. The quantitative estimate of drug-likeness (QED) is 0.615. The van der Waals surface area contributed by atoms with Crippen molar-refractivity contribution >= 4 is 30.2 Å². The van der Waals surface area contributed by atoms with E-state index in [1.807, 2.05) is 4.90 Å². The predicted molar refractivity (Wildman–Crippen MR) is 117 cm³/mol. The van der Waals surface area contributed by atoms with Crippen molar-refractivity contribution in [2.45, 2.75) is 70.3 Å². The number of carbonyl (C=O) groups excluding carboxylic acids is 3. The Morgan fingerprint density at radius 3 is 2.10 bits per heavy atom. The molecule has 0 atom stereocenters. The Morgan fingerprint density at radius 2 is 1.50 bits per heavy atom. The third-order valence-corrected chi connectivity index (χ3v) is 6.98. The van der Waals surface area contributed by atoms with E-state index in [1.54, 1.807) is 0 Å². The molecule has 3 rings (SSSR count). The van der Waals surface area contributed by atoms with Gasteiger partial charge in [0, 0.05) is 37.9 Å². The Bertz CT molecular complexity index is 567. The first kappa shape index (κ1) is 24.9. The molecule has 0 aromatic heterocycles. The van der Waals surface area contributed by atoms with Crippen molar-refractivity contribution in [1.82, 2.24) is 15.5 Å². The molecule has 3 fully saturated rings. The third-order valence-electron chi connectivity index (χ3n) is 6.98. The van der Waals surface area contributed by atoms with Gasteiger partial charge in [-0.2, -0.15) is 0 Å². The normalized spacial score (nSPS) is 25.8. The molecule has 30 heavy (non-hydrogen) atoms. The summed E-state index contributed by atoms with van der Waals surface area (Å²) in [7, 11) is 1.42. The fraction of sp³-hybridized carbons (Fsp3) is 0.864. The monoisotopic (exact) mass is 443 g/mol. The van der Waals surface area contributed by atoms with Crippen LogP contribution >= 0.6 is 12.4 Å². The maximum absolute atomic E-state index is 12.9. The molecule has 0 aromatic rings. The summed E-state index contributed by atoms with van der Waals surface area (Å²) in [5.41, 5.74) is 0. The number of hydrogen-bond acceptors (Lipinski definition) is 5. The number of methoxy groups -OCH3 is 1. The van der Waals surface area contributed by atoms with E-state index in [-0.39, 0.29) is 42.2 Å². The second-order valence-electron chi connectivity index (χ2n) is 9.06. The van der Waals surface area contributed by atoms with E-state index in [9.17, 15) is 14.4 Å². The maximum Gasteiger partial charge on any atom is 0.305 e. The van der Waals surface area contributed by atoms with Crippen LogP contribution < -0.4 is 10.6 Å². The highest BCUT2D eigenvalue weighted by Crippen LogP contribution is 2.29. The molecule has 2 heterocycles. The van der Waals surface area contributed by atoms with Crippen LogP contribution in [-0.2, 0) is 19.1 Å². The number of piperidine rings is 2. The van der Waals surface area contributed by atoms with E-state index in [2.05, 4.69) is 10.6 Å². The minimum absolute atomic E-state index is 0. The Morgan fingerprint density at radius 1 is 0.900 bits per heavy atom. The highest BCUT2D eigenvalue weighted by molar-refractivity contribution is 5.85. The van der Waals surface area contributed by atoms with Crippen LogP contribution in [-0.4, -0.2) is 62.0 Å². The van der Waals surface area contributed by atoms with Crippen LogP contribution in [0.1, 0.15) is 64.2 Å². The predicted octanol–water partition coefficient (Wildman–Crippen LogP) is 2.27. The Labute approximate surface area is 186 Å². The van der Waals surface area contributed by atoms with Crippen LogP contribution in [0.15, 0.2) is 0 Å². The van der Waals surface area contributed by atoms with Crippen LogP contribution in [0.3, 0.4) is 0 Å². The SMILES string of the molecule is COC(=O)CC1CCN(C(=O)C2CCC(NC(=O)CC3CCNCC3)CC2)CC1.Cl. The zero-order valence-electron chi connectivity index (χ0n) is 18.2. The van der Waals surface area contributed by atoms with E-state index in [1.165, 1.54) is 7.11 Å². The highest BCUT2D eigenvalue weighted by Gasteiger charge is 2.32. The first-order chi connectivity index (χ1) is 14.0. The summed E-state index contributed by atoms with van der Waals surface area (Å²) in [6, 6.07) is 0.221. The van der Waals surface area contributed by atoms with Gasteiger partial charge in [0.1, 0.15) is 0 Å². The van der Waals surface area contributed by atoms with Gasteiger partial charge in [-0.1, -0.05) is 0 Å². The highest BCUT2D eigenvalue weighted by atomic mass is 35.5. The van der Waals surface area contributed by atoms with Gasteiger partial charge >= 0.3 is 5.97 Å². The number of hydrogen-bond donors (Lipinski definition) is 2. The zero-order valence-corrected chi connectivity index (χ0v) is 19.0. The largest absolute Gasteiger partial charge is 0.469 e. The summed E-state index contributed by atoms with van der Waals surface area (Å²) < 4.78 is 4.75. The molecule has 2 saturated heterocycles. The minimum atomic E-state index is -0.157. The number of rotatable bonds is 6. The van der Waals surface area contributed by atoms with Crippen LogP contribution in [0.2, 0.25) is 0 Å². The summed E-state index contributed by atoms with van der Waals surface area (Å²) in [5, 5.41) is 6.54. The fourth-order valence-electron chi connectivity index (χ4n) is 5.05. The summed E-state index contributed by atoms with van der Waals surface area (Å²) in [4.78, 5) is 38.6. The lowest BCUT2D eigenvalue weighted by Crippen LogP contribution is -2.45. The number of nitrogens with zero attached hydrogens (tertiary/aromatic N) is 1. The van der Waals surface area contributed by atoms with Gasteiger partial charge in [-0.3, -0.25) is 14.4 Å². The average molecular weight is 444 g/mol. The average Bonchev–Trinajstić information content (AvgIpc) is 2.75. The van der Waals surface area contributed by atoms with E-state index in [0.717, 1.165) is 77.5 Å². The molecule has 0 radical (unpaired) electrons. The number of esters is 1. The summed E-state index contributed by atoms with van der Waals surface area (Å²) in [6.45, 7) is 3.52. The first-order valence-electron chi connectivity index (χ1n) is 11.4. The number of nitrogens with one attached hydrogen (secondary N) is 2. The Hall–Kier alpha value is -1.34. The van der Waals surface area contributed by atoms with Gasteiger partial charge in [0.25, 0.3) is 0 Å². The van der Waals surface area contributed by atoms with Gasteiger partial charge in [0.05, 0.1) is 7.11 Å². The van der Waals surface area contributed by atoms with Crippen LogP contribution in [0.5, 0.6) is 0 Å². The number of halogens is 1. The van der Waals surface area contributed by atoms with E-state index in [4.69, 9.17) is 4.74 Å². The molecule has 8 heteroatoms. The molecule has 0 bridgehead atoms. The molecule has 0 aromatic carbocycles. The lowest BCUT2D eigenvalue weighted by atomic mass is 9.84. The third kappa shape index (κ3) is 7.41. The Balaban J connectivity index is 0.00000320. The molecular weight excluding hydrogens is 406 g/mol. The number of ether oxygens (including phenoxy) is 1. The summed E-state index contributed by atoms with van der Waals surface area (Å²) >= 11 is 0. The molecule has 3 aliphatic rings. The number of likely N-dealkylation sites (tertiary alicyclic amines) is 1. The molecule has 0 unspecified atom stereocenters. The fourth-order valence-corrected chi connectivity index (χ4v) is 5.05. The summed E-state index contributed by atoms with van der Waals surface area (Å²) in [5.74, 6) is 1.22. The number of carbonyl (C=O) groups is 3. The van der Waals surface area contributed by atoms with Gasteiger partial charge in [-0.15, -0.1) is 12.4 Å². The molecule has 1 aliphatic carbocycles. The number of amides is 2. The second-order valence-corrected chi connectivity index (χ2v) is 9.06. The second kappa shape index (κ2) is 12.5. The van der Waals surface area contributed by atoms with Crippen molar-refractivity contribution in [3.63, 3.8) is 0 Å². The molecule has 2 aliphatic heterocycles. The molecule has 2 N–H and O–H groups in total. The van der Waals surface area contributed by atoms with Gasteiger partial charge in [-0.25, -0.2) is 0 Å². The van der Waals surface area contributed by atoms with Crippen molar-refractivity contribution < 1.29 is 19.1 Å². The van der Waals surface area contributed by atoms with Crippen LogP contribution in [0.25, 0.3) is 0 Å². The topological polar surface area (TPSA) is 87.7 Å². The van der Waals surface area contributed by atoms with Crippen molar-refractivity contribution in [3.05, 3.63) is 0 Å². The molecule has 172 valence electrons. The molecule has 1 saturated carbocycles. The molecule has 7 nitrogen and oxygen atoms in total. The van der Waals surface area contributed by atoms with Crippen molar-refractivity contribution in [2.75, 3.05) is 33.3 Å². The van der Waals surface area contributed by atoms with Crippen molar-refractivity contribution in [3.8, 4) is 0 Å². The molecule has 0 spiro atoms. The van der Waals surface area contributed by atoms with Crippen LogP contribution in [0.4, 0.5) is 0 Å². The molecule has 2 amide bonds. The van der Waals surface area contributed by atoms with Gasteiger partial charge in [-0.05, 0) is 76.3 Å². The van der Waals surface area contributed by atoms with E-state index < -0.39 is 0 Å². The standard InChI is InChI=1S/C22H37N3O4.ClH/c1-29-21(27)15-17-8-12-25(13-9-17)22(28)18-2-4-19(5-3-18)24-20(26)14-16-6-10-23-11-7-16;/h16-19,23H,2-15H2,1H3,(H,24,26);1H. The van der Waals surface area contributed by atoms with Gasteiger partial charge in [0.2, 0.25) is 11.8 Å². The lowest BCUT2D eigenvalue weighted by Gasteiger charge is -2.36. The van der Waals surface area contributed by atoms with E-state index in [0.29, 0.717) is 24.7 Å². The first-order valence-corrected chi connectivity index (χ1v) is 11.4.